The number of fused-ring (bicyclic) bond motifs is 1. The molecule has 0 saturated heterocycles. The minimum atomic E-state index is -0.527. The van der Waals surface area contributed by atoms with Gasteiger partial charge in [-0.2, -0.15) is 0 Å². The van der Waals surface area contributed by atoms with Crippen molar-refractivity contribution in [2.45, 2.75) is 32.1 Å². The number of primary amides is 1. The number of thiophene rings is 1. The summed E-state index contributed by atoms with van der Waals surface area (Å²) in [6.45, 7) is -0.274. The Bertz CT molecular complexity index is 804. The van der Waals surface area contributed by atoms with E-state index in [4.69, 9.17) is 10.5 Å². The predicted octanol–water partition coefficient (Wildman–Crippen LogP) is 3.27. The van der Waals surface area contributed by atoms with Gasteiger partial charge < -0.3 is 15.8 Å². The summed E-state index contributed by atoms with van der Waals surface area (Å²) >= 11 is 1.41. The van der Waals surface area contributed by atoms with E-state index in [0.717, 1.165) is 42.5 Å². The summed E-state index contributed by atoms with van der Waals surface area (Å²) in [5.74, 6) is -1.10. The molecule has 1 aliphatic rings. The zero-order chi connectivity index (χ0) is 17.8. The normalized spacial score (nSPS) is 13.6. The van der Waals surface area contributed by atoms with Crippen LogP contribution >= 0.6 is 11.3 Å². The van der Waals surface area contributed by atoms with Crippen LogP contribution in [0.4, 0.5) is 9.39 Å². The van der Waals surface area contributed by atoms with Crippen LogP contribution in [0, 0.1) is 5.82 Å². The van der Waals surface area contributed by atoms with E-state index in [2.05, 4.69) is 5.32 Å². The fourth-order valence-electron chi connectivity index (χ4n) is 2.96. The Balaban J connectivity index is 1.71. The van der Waals surface area contributed by atoms with Gasteiger partial charge >= 0.3 is 0 Å². The summed E-state index contributed by atoms with van der Waals surface area (Å²) in [6, 6.07) is 5.57. The summed E-state index contributed by atoms with van der Waals surface area (Å²) in [6.07, 6.45) is 4.92. The summed E-state index contributed by atoms with van der Waals surface area (Å²) in [5.41, 5.74) is 6.92. The van der Waals surface area contributed by atoms with Crippen molar-refractivity contribution in [2.24, 2.45) is 5.73 Å². The first kappa shape index (κ1) is 17.4. The van der Waals surface area contributed by atoms with Crippen LogP contribution in [0.3, 0.4) is 0 Å². The van der Waals surface area contributed by atoms with Gasteiger partial charge in [0, 0.05) is 10.9 Å². The number of rotatable bonds is 5. The molecule has 0 radical (unpaired) electrons. The second-order valence-corrected chi connectivity index (χ2v) is 7.03. The predicted molar refractivity (Wildman–Crippen MR) is 94.6 cm³/mol. The van der Waals surface area contributed by atoms with Crippen molar-refractivity contribution < 1.29 is 18.7 Å². The molecule has 1 aromatic heterocycles. The second kappa shape index (κ2) is 7.65. The number of hydrogen-bond acceptors (Lipinski definition) is 4. The van der Waals surface area contributed by atoms with Gasteiger partial charge in [-0.05, 0) is 43.4 Å². The highest BCUT2D eigenvalue weighted by atomic mass is 32.1. The number of anilines is 1. The monoisotopic (exact) mass is 362 g/mol. The Morgan fingerprint density at radius 2 is 2.04 bits per heavy atom. The van der Waals surface area contributed by atoms with E-state index in [-0.39, 0.29) is 12.4 Å². The molecule has 0 fully saturated rings. The average molecular weight is 362 g/mol. The second-order valence-electron chi connectivity index (χ2n) is 5.93. The quantitative estimate of drug-likeness (QED) is 0.801. The molecule has 5 nitrogen and oxygen atoms in total. The molecule has 1 heterocycles. The zero-order valence-corrected chi connectivity index (χ0v) is 14.5. The number of ether oxygens (including phenoxy) is 1. The molecular weight excluding hydrogens is 343 g/mol. The Morgan fingerprint density at radius 1 is 1.24 bits per heavy atom. The Morgan fingerprint density at radius 3 is 2.80 bits per heavy atom. The van der Waals surface area contributed by atoms with E-state index < -0.39 is 17.6 Å². The topological polar surface area (TPSA) is 81.4 Å². The maximum atomic E-state index is 13.1. The minimum absolute atomic E-state index is 0.271. The number of carbonyl (C=O) groups excluding carboxylic acids is 2. The van der Waals surface area contributed by atoms with Gasteiger partial charge in [-0.25, -0.2) is 4.39 Å². The van der Waals surface area contributed by atoms with E-state index in [0.29, 0.717) is 10.6 Å². The summed E-state index contributed by atoms with van der Waals surface area (Å²) in [5, 5.41) is 3.19. The molecule has 0 bridgehead atoms. The zero-order valence-electron chi connectivity index (χ0n) is 13.6. The van der Waals surface area contributed by atoms with Crippen molar-refractivity contribution in [3.8, 4) is 5.75 Å². The number of aryl methyl sites for hydroxylation is 1. The van der Waals surface area contributed by atoms with Crippen LogP contribution < -0.4 is 15.8 Å². The molecule has 0 unspecified atom stereocenters. The number of amides is 2. The molecule has 2 aromatic rings. The number of benzene rings is 1. The molecule has 3 rings (SSSR count). The van der Waals surface area contributed by atoms with Crippen LogP contribution in [0.15, 0.2) is 24.3 Å². The lowest BCUT2D eigenvalue weighted by molar-refractivity contribution is -0.118. The Kier molecular flexibility index (Phi) is 5.33. The van der Waals surface area contributed by atoms with Gasteiger partial charge in [-0.3, -0.25) is 9.59 Å². The van der Waals surface area contributed by atoms with E-state index >= 15 is 0 Å². The maximum Gasteiger partial charge on any atom is 0.262 e. The molecule has 2 amide bonds. The fraction of sp³-hybridized carbons (Fsp3) is 0.333. The average Bonchev–Trinajstić information content (AvgIpc) is 2.74. The molecule has 0 saturated carbocycles. The molecule has 3 N–H and O–H groups in total. The smallest absolute Gasteiger partial charge is 0.262 e. The van der Waals surface area contributed by atoms with Gasteiger partial charge in [-0.15, -0.1) is 11.3 Å². The molecule has 0 atom stereocenters. The molecule has 7 heteroatoms. The molecule has 0 spiro atoms. The van der Waals surface area contributed by atoms with Gasteiger partial charge in [0.2, 0.25) is 0 Å². The summed E-state index contributed by atoms with van der Waals surface area (Å²) < 4.78 is 18.4. The highest BCUT2D eigenvalue weighted by Crippen LogP contribution is 2.37. The highest BCUT2D eigenvalue weighted by Gasteiger charge is 2.24. The SMILES string of the molecule is NC(=O)c1c(NC(=O)COc2cccc(F)c2)sc2c1CCCCC2. The Labute approximate surface area is 149 Å². The third-order valence-corrected chi connectivity index (χ3v) is 5.29. The fourth-order valence-corrected chi connectivity index (χ4v) is 4.27. The first-order valence-corrected chi connectivity index (χ1v) is 8.99. The van der Waals surface area contributed by atoms with Crippen molar-refractivity contribution in [2.75, 3.05) is 11.9 Å². The van der Waals surface area contributed by atoms with E-state index in [1.165, 1.54) is 29.5 Å². The van der Waals surface area contributed by atoms with Crippen LogP contribution in [0.25, 0.3) is 0 Å². The van der Waals surface area contributed by atoms with Crippen LogP contribution in [-0.2, 0) is 17.6 Å². The van der Waals surface area contributed by atoms with Crippen molar-refractivity contribution in [3.63, 3.8) is 0 Å². The molecule has 132 valence electrons. The van der Waals surface area contributed by atoms with Crippen LogP contribution in [0.5, 0.6) is 5.75 Å². The molecule has 0 aliphatic heterocycles. The third kappa shape index (κ3) is 4.17. The van der Waals surface area contributed by atoms with Gasteiger partial charge in [0.1, 0.15) is 16.6 Å². The number of nitrogens with one attached hydrogen (secondary N) is 1. The maximum absolute atomic E-state index is 13.1. The lowest BCUT2D eigenvalue weighted by Crippen LogP contribution is -2.22. The Hall–Kier alpha value is -2.41. The first-order valence-electron chi connectivity index (χ1n) is 8.17. The van der Waals surface area contributed by atoms with Crippen LogP contribution in [-0.4, -0.2) is 18.4 Å². The van der Waals surface area contributed by atoms with E-state index in [9.17, 15) is 14.0 Å². The van der Waals surface area contributed by atoms with Gasteiger partial charge in [0.25, 0.3) is 11.8 Å². The molecule has 25 heavy (non-hydrogen) atoms. The van der Waals surface area contributed by atoms with E-state index in [1.807, 2.05) is 0 Å². The number of carbonyl (C=O) groups is 2. The minimum Gasteiger partial charge on any atom is -0.484 e. The van der Waals surface area contributed by atoms with Crippen LogP contribution in [0.2, 0.25) is 0 Å². The largest absolute Gasteiger partial charge is 0.484 e. The van der Waals surface area contributed by atoms with E-state index in [1.54, 1.807) is 6.07 Å². The van der Waals surface area contributed by atoms with Crippen molar-refractivity contribution in [1.82, 2.24) is 0 Å². The molecular formula is C18H19FN2O3S. The van der Waals surface area contributed by atoms with Gasteiger partial charge in [-0.1, -0.05) is 12.5 Å². The first-order chi connectivity index (χ1) is 12.0. The van der Waals surface area contributed by atoms with Crippen molar-refractivity contribution >= 4 is 28.2 Å². The number of halogens is 1. The lowest BCUT2D eigenvalue weighted by atomic mass is 10.1. The van der Waals surface area contributed by atoms with Gasteiger partial charge in [0.15, 0.2) is 6.61 Å². The standard InChI is InChI=1S/C18H19FN2O3S/c19-11-5-4-6-12(9-11)24-10-15(22)21-18-16(17(20)23)13-7-2-1-3-8-14(13)25-18/h4-6,9H,1-3,7-8,10H2,(H2,20,23)(H,21,22). The number of nitrogens with two attached hydrogens (primary N) is 1. The molecule has 1 aromatic carbocycles. The van der Waals surface area contributed by atoms with Crippen molar-refractivity contribution in [1.29, 1.82) is 0 Å². The lowest BCUT2D eigenvalue weighted by Gasteiger charge is -2.08. The summed E-state index contributed by atoms with van der Waals surface area (Å²) in [7, 11) is 0. The summed E-state index contributed by atoms with van der Waals surface area (Å²) in [4.78, 5) is 25.1. The van der Waals surface area contributed by atoms with Crippen LogP contribution in [0.1, 0.15) is 40.1 Å². The van der Waals surface area contributed by atoms with Gasteiger partial charge in [0.05, 0.1) is 5.56 Å². The highest BCUT2D eigenvalue weighted by molar-refractivity contribution is 7.17. The number of hydrogen-bond donors (Lipinski definition) is 2. The third-order valence-electron chi connectivity index (χ3n) is 4.09. The molecule has 1 aliphatic carbocycles. The van der Waals surface area contributed by atoms with Crippen molar-refractivity contribution in [3.05, 3.63) is 46.1 Å².